The van der Waals surface area contributed by atoms with Gasteiger partial charge in [0, 0.05) is 12.4 Å². The van der Waals surface area contributed by atoms with Crippen LogP contribution in [0.15, 0.2) is 34.0 Å². The van der Waals surface area contributed by atoms with E-state index in [1.54, 1.807) is 6.20 Å². The highest BCUT2D eigenvalue weighted by Gasteiger charge is 2.14. The van der Waals surface area contributed by atoms with Crippen LogP contribution in [0.5, 0.6) is 0 Å². The van der Waals surface area contributed by atoms with Gasteiger partial charge in [0.1, 0.15) is 31.4 Å². The minimum Gasteiger partial charge on any atom is -0.478 e. The average Bonchev–Trinajstić information content (AvgIpc) is 3.25. The number of fused-ring (bicyclic) bond motifs is 2. The highest BCUT2D eigenvalue weighted by Crippen LogP contribution is 2.17. The molecule has 0 spiro atoms. The molecule has 0 amide bonds. The first-order valence-corrected chi connectivity index (χ1v) is 8.80. The number of aromatic nitrogens is 6. The van der Waals surface area contributed by atoms with E-state index in [1.807, 2.05) is 0 Å². The molecule has 0 unspecified atom stereocenters. The standard InChI is InChI=1S/C8H6BrN3O2.C7H4BrN3O2/c1-14-8(13)4-2-10-7-6(4)12-5(9)3-11-7;8-4-2-10-6-5(11-4)3(1-9-6)7(12)13/h2-3H,1H3,(H,10,11);1-2H,(H,9,10)(H,12,13). The lowest BCUT2D eigenvalue weighted by Crippen LogP contribution is -2.00. The Morgan fingerprint density at radius 3 is 1.93 bits per heavy atom. The number of rotatable bonds is 2. The SMILES string of the molecule is COC(=O)c1c[nH]c2ncc(Br)nc12.O=C(O)c1c[nH]c2ncc(Br)nc12. The largest absolute Gasteiger partial charge is 0.478 e. The number of carboxylic acid groups (broad SMARTS) is 1. The average molecular weight is 498 g/mol. The summed E-state index contributed by atoms with van der Waals surface area (Å²) in [5, 5.41) is 8.76. The van der Waals surface area contributed by atoms with E-state index >= 15 is 0 Å². The Labute approximate surface area is 167 Å². The van der Waals surface area contributed by atoms with E-state index in [4.69, 9.17) is 5.11 Å². The number of hydrogen-bond acceptors (Lipinski definition) is 7. The molecule has 0 aromatic carbocycles. The first-order valence-electron chi connectivity index (χ1n) is 7.21. The van der Waals surface area contributed by atoms with Gasteiger partial charge in [-0.25, -0.2) is 29.5 Å². The minimum atomic E-state index is -1.02. The van der Waals surface area contributed by atoms with Gasteiger partial charge in [0.2, 0.25) is 0 Å². The molecule has 10 nitrogen and oxygen atoms in total. The Morgan fingerprint density at radius 2 is 1.44 bits per heavy atom. The monoisotopic (exact) mass is 496 g/mol. The van der Waals surface area contributed by atoms with Crippen LogP contribution in [0.25, 0.3) is 22.3 Å². The van der Waals surface area contributed by atoms with Crippen LogP contribution in [-0.2, 0) is 4.74 Å². The number of hydrogen-bond donors (Lipinski definition) is 3. The lowest BCUT2D eigenvalue weighted by atomic mass is 10.3. The van der Waals surface area contributed by atoms with Crippen LogP contribution in [0.1, 0.15) is 20.7 Å². The molecule has 0 aliphatic rings. The molecule has 0 saturated carbocycles. The molecule has 4 aromatic heterocycles. The fraction of sp³-hybridized carbons (Fsp3) is 0.0667. The molecular formula is C15H10Br2N6O4. The first kappa shape index (κ1) is 18.9. The van der Waals surface area contributed by atoms with Gasteiger partial charge >= 0.3 is 11.9 Å². The number of halogens is 2. The Balaban J connectivity index is 0.000000156. The van der Waals surface area contributed by atoms with E-state index in [0.29, 0.717) is 37.1 Å². The Hall–Kier alpha value is -2.86. The van der Waals surface area contributed by atoms with Crippen LogP contribution in [0.4, 0.5) is 0 Å². The maximum absolute atomic E-state index is 11.3. The van der Waals surface area contributed by atoms with Crippen LogP contribution < -0.4 is 0 Å². The van der Waals surface area contributed by atoms with Gasteiger partial charge in [-0.1, -0.05) is 0 Å². The van der Waals surface area contributed by atoms with Gasteiger partial charge in [0.05, 0.1) is 19.5 Å². The summed E-state index contributed by atoms with van der Waals surface area (Å²) >= 11 is 6.30. The number of aromatic amines is 2. The third kappa shape index (κ3) is 3.95. The number of esters is 1. The van der Waals surface area contributed by atoms with E-state index < -0.39 is 11.9 Å². The summed E-state index contributed by atoms with van der Waals surface area (Å²) in [5.41, 5.74) is 2.42. The van der Waals surface area contributed by atoms with Gasteiger partial charge in [-0.3, -0.25) is 0 Å². The van der Waals surface area contributed by atoms with E-state index in [0.717, 1.165) is 0 Å². The molecule has 12 heteroatoms. The quantitative estimate of drug-likeness (QED) is 0.358. The molecule has 0 aliphatic heterocycles. The first-order chi connectivity index (χ1) is 12.9. The third-order valence-electron chi connectivity index (χ3n) is 3.34. The van der Waals surface area contributed by atoms with E-state index in [1.165, 1.54) is 25.7 Å². The second-order valence-electron chi connectivity index (χ2n) is 4.98. The van der Waals surface area contributed by atoms with Gasteiger partial charge in [0.15, 0.2) is 11.3 Å². The number of methoxy groups -OCH3 is 1. The van der Waals surface area contributed by atoms with Crippen LogP contribution in [0, 0.1) is 0 Å². The minimum absolute atomic E-state index is 0.129. The molecule has 0 atom stereocenters. The zero-order valence-electron chi connectivity index (χ0n) is 13.5. The van der Waals surface area contributed by atoms with Crippen molar-refractivity contribution in [2.24, 2.45) is 0 Å². The highest BCUT2D eigenvalue weighted by atomic mass is 79.9. The molecule has 3 N–H and O–H groups in total. The van der Waals surface area contributed by atoms with E-state index in [9.17, 15) is 9.59 Å². The van der Waals surface area contributed by atoms with Crippen molar-refractivity contribution < 1.29 is 19.4 Å². The number of H-pyrrole nitrogens is 2. The molecule has 4 aromatic rings. The highest BCUT2D eigenvalue weighted by molar-refractivity contribution is 9.10. The number of nitrogens with zero attached hydrogens (tertiary/aromatic N) is 4. The second kappa shape index (κ2) is 7.80. The molecule has 0 bridgehead atoms. The van der Waals surface area contributed by atoms with Crippen LogP contribution in [-0.4, -0.2) is 54.1 Å². The predicted octanol–water partition coefficient (Wildman–Crippen LogP) is 2.93. The molecule has 0 fully saturated rings. The van der Waals surface area contributed by atoms with Crippen molar-refractivity contribution in [2.75, 3.05) is 7.11 Å². The fourth-order valence-electron chi connectivity index (χ4n) is 2.17. The predicted molar refractivity (Wildman–Crippen MR) is 101 cm³/mol. The summed E-state index contributed by atoms with van der Waals surface area (Å²) in [6.07, 6.45) is 5.97. The van der Waals surface area contributed by atoms with Crippen molar-refractivity contribution in [2.45, 2.75) is 0 Å². The van der Waals surface area contributed by atoms with E-state index in [-0.39, 0.29) is 5.56 Å². The zero-order valence-corrected chi connectivity index (χ0v) is 16.7. The Kier molecular flexibility index (Phi) is 5.46. The van der Waals surface area contributed by atoms with Gasteiger partial charge in [-0.05, 0) is 31.9 Å². The Bertz CT molecular complexity index is 1160. The van der Waals surface area contributed by atoms with E-state index in [2.05, 4.69) is 66.5 Å². The summed E-state index contributed by atoms with van der Waals surface area (Å²) in [6.45, 7) is 0. The lowest BCUT2D eigenvalue weighted by molar-refractivity contribution is 0.0602. The molecule has 138 valence electrons. The zero-order chi connectivity index (χ0) is 19.6. The summed E-state index contributed by atoms with van der Waals surface area (Å²) in [4.78, 5) is 43.6. The smallest absolute Gasteiger partial charge is 0.341 e. The summed E-state index contributed by atoms with van der Waals surface area (Å²) in [7, 11) is 1.33. The molecule has 0 radical (unpaired) electrons. The van der Waals surface area contributed by atoms with Crippen molar-refractivity contribution in [3.05, 3.63) is 45.1 Å². The second-order valence-corrected chi connectivity index (χ2v) is 6.61. The summed E-state index contributed by atoms with van der Waals surface area (Å²) in [5.74, 6) is -1.44. The number of carbonyl (C=O) groups is 2. The molecule has 0 aliphatic carbocycles. The van der Waals surface area contributed by atoms with Gasteiger partial charge < -0.3 is 19.8 Å². The number of ether oxygens (including phenoxy) is 1. The molecule has 4 heterocycles. The van der Waals surface area contributed by atoms with Crippen molar-refractivity contribution in [1.82, 2.24) is 29.9 Å². The number of nitrogens with one attached hydrogen (secondary N) is 2. The molecule has 27 heavy (non-hydrogen) atoms. The topological polar surface area (TPSA) is 147 Å². The van der Waals surface area contributed by atoms with Gasteiger partial charge in [0.25, 0.3) is 0 Å². The van der Waals surface area contributed by atoms with Crippen molar-refractivity contribution in [3.63, 3.8) is 0 Å². The summed E-state index contributed by atoms with van der Waals surface area (Å²) < 4.78 is 5.69. The summed E-state index contributed by atoms with van der Waals surface area (Å²) in [6, 6.07) is 0. The fourth-order valence-corrected chi connectivity index (χ4v) is 2.73. The maximum atomic E-state index is 11.3. The van der Waals surface area contributed by atoms with Crippen molar-refractivity contribution in [1.29, 1.82) is 0 Å². The maximum Gasteiger partial charge on any atom is 0.341 e. The normalized spacial score (nSPS) is 10.5. The lowest BCUT2D eigenvalue weighted by Gasteiger charge is -1.95. The number of aromatic carboxylic acids is 1. The third-order valence-corrected chi connectivity index (χ3v) is 4.10. The van der Waals surface area contributed by atoms with Crippen molar-refractivity contribution in [3.8, 4) is 0 Å². The Morgan fingerprint density at radius 1 is 0.963 bits per heavy atom. The molecule has 0 saturated heterocycles. The number of carbonyl (C=O) groups excluding carboxylic acids is 1. The van der Waals surface area contributed by atoms with Crippen molar-refractivity contribution >= 4 is 66.1 Å². The molecule has 4 rings (SSSR count). The van der Waals surface area contributed by atoms with Crippen LogP contribution in [0.3, 0.4) is 0 Å². The van der Waals surface area contributed by atoms with Gasteiger partial charge in [-0.15, -0.1) is 0 Å². The van der Waals surface area contributed by atoms with Crippen LogP contribution >= 0.6 is 31.9 Å². The molecular weight excluding hydrogens is 488 g/mol. The number of carboxylic acids is 1. The van der Waals surface area contributed by atoms with Gasteiger partial charge in [-0.2, -0.15) is 0 Å². The van der Waals surface area contributed by atoms with Crippen LogP contribution in [0.2, 0.25) is 0 Å².